The third-order valence-corrected chi connectivity index (χ3v) is 6.14. The molecule has 9 heteroatoms. The third-order valence-electron chi connectivity index (χ3n) is 6.14. The molecule has 1 atom stereocenters. The smallest absolute Gasteiger partial charge is 0.312 e. The van der Waals surface area contributed by atoms with E-state index in [4.69, 9.17) is 0 Å². The van der Waals surface area contributed by atoms with Crippen molar-refractivity contribution in [2.45, 2.75) is 39.8 Å². The van der Waals surface area contributed by atoms with Crippen LogP contribution in [0.3, 0.4) is 0 Å². The van der Waals surface area contributed by atoms with Gasteiger partial charge in [-0.2, -0.15) is 5.10 Å². The number of carbonyl (C=O) groups is 1. The minimum Gasteiger partial charge on any atom is -0.339 e. The Bertz CT molecular complexity index is 1320. The highest BCUT2D eigenvalue weighted by molar-refractivity contribution is 5.77. The third kappa shape index (κ3) is 4.21. The molecule has 0 aliphatic carbocycles. The molecule has 2 aromatic carbocycles. The van der Waals surface area contributed by atoms with Crippen LogP contribution in [0.5, 0.6) is 0 Å². The van der Waals surface area contributed by atoms with Crippen molar-refractivity contribution in [1.29, 1.82) is 0 Å². The average Bonchev–Trinajstić information content (AvgIpc) is 3.36. The first-order valence-corrected chi connectivity index (χ1v) is 10.7. The number of rotatable bonds is 7. The van der Waals surface area contributed by atoms with Crippen molar-refractivity contribution in [3.8, 4) is 5.69 Å². The maximum atomic E-state index is 12.8. The van der Waals surface area contributed by atoms with Crippen molar-refractivity contribution >= 4 is 22.6 Å². The lowest BCUT2D eigenvalue weighted by Gasteiger charge is -2.25. The zero-order chi connectivity index (χ0) is 23.7. The number of nitrogens with zero attached hydrogens (tertiary/aromatic N) is 6. The van der Waals surface area contributed by atoms with E-state index in [-0.39, 0.29) is 24.1 Å². The van der Waals surface area contributed by atoms with Gasteiger partial charge in [0.05, 0.1) is 28.5 Å². The van der Waals surface area contributed by atoms with Crippen molar-refractivity contribution in [2.24, 2.45) is 0 Å². The Hall–Kier alpha value is -4.01. The lowest BCUT2D eigenvalue weighted by Crippen LogP contribution is -2.30. The number of nitro groups is 1. The summed E-state index contributed by atoms with van der Waals surface area (Å²) in [6.07, 6.45) is 2.02. The lowest BCUT2D eigenvalue weighted by molar-refractivity contribution is -0.386. The van der Waals surface area contributed by atoms with E-state index in [1.54, 1.807) is 25.8 Å². The molecule has 170 valence electrons. The maximum absolute atomic E-state index is 12.8. The molecule has 1 amide bonds. The molecule has 2 aromatic heterocycles. The summed E-state index contributed by atoms with van der Waals surface area (Å²) in [6.45, 7) is 5.53. The van der Waals surface area contributed by atoms with Gasteiger partial charge in [0.1, 0.15) is 17.7 Å². The van der Waals surface area contributed by atoms with E-state index in [9.17, 15) is 14.9 Å². The summed E-state index contributed by atoms with van der Waals surface area (Å²) < 4.78 is 3.57. The Morgan fingerprint density at radius 1 is 1.15 bits per heavy atom. The Kier molecular flexibility index (Phi) is 5.95. The highest BCUT2D eigenvalue weighted by atomic mass is 16.6. The number of para-hydroxylation sites is 2. The van der Waals surface area contributed by atoms with Crippen LogP contribution in [-0.4, -0.2) is 42.1 Å². The van der Waals surface area contributed by atoms with Crippen molar-refractivity contribution in [2.75, 3.05) is 7.05 Å². The minimum absolute atomic E-state index is 0.00920. The van der Waals surface area contributed by atoms with Crippen molar-refractivity contribution in [1.82, 2.24) is 24.2 Å². The molecule has 2 heterocycles. The van der Waals surface area contributed by atoms with Gasteiger partial charge in [-0.15, -0.1) is 0 Å². The fourth-order valence-electron chi connectivity index (χ4n) is 4.07. The van der Waals surface area contributed by atoms with Crippen LogP contribution in [0.25, 0.3) is 16.7 Å². The predicted molar refractivity (Wildman–Crippen MR) is 125 cm³/mol. The molecule has 0 saturated carbocycles. The van der Waals surface area contributed by atoms with Crippen molar-refractivity contribution in [3.05, 3.63) is 81.9 Å². The Balaban J connectivity index is 1.43. The fourth-order valence-corrected chi connectivity index (χ4v) is 4.07. The minimum atomic E-state index is -0.430. The summed E-state index contributed by atoms with van der Waals surface area (Å²) in [6, 6.07) is 15.9. The summed E-state index contributed by atoms with van der Waals surface area (Å²) in [4.78, 5) is 29.7. The second kappa shape index (κ2) is 8.85. The molecule has 4 aromatic rings. The highest BCUT2D eigenvalue weighted by Crippen LogP contribution is 2.25. The zero-order valence-electron chi connectivity index (χ0n) is 19.1. The van der Waals surface area contributed by atoms with Crippen LogP contribution in [0.2, 0.25) is 0 Å². The largest absolute Gasteiger partial charge is 0.339 e. The number of hydrogen-bond acceptors (Lipinski definition) is 5. The molecular formula is C24H26N6O3. The van der Waals surface area contributed by atoms with Gasteiger partial charge >= 0.3 is 5.69 Å². The number of benzene rings is 2. The number of hydrogen-bond donors (Lipinski definition) is 0. The molecule has 0 aliphatic rings. The van der Waals surface area contributed by atoms with Gasteiger partial charge in [0.25, 0.3) is 0 Å². The van der Waals surface area contributed by atoms with Crippen molar-refractivity contribution < 1.29 is 9.72 Å². The predicted octanol–water partition coefficient (Wildman–Crippen LogP) is 4.36. The van der Waals surface area contributed by atoms with E-state index < -0.39 is 4.92 Å². The van der Waals surface area contributed by atoms with Crippen molar-refractivity contribution in [3.63, 3.8) is 0 Å². The van der Waals surface area contributed by atoms with E-state index in [0.717, 1.165) is 22.3 Å². The van der Waals surface area contributed by atoms with E-state index >= 15 is 0 Å². The number of aryl methyl sites for hydroxylation is 2. The Morgan fingerprint density at radius 3 is 2.52 bits per heavy atom. The van der Waals surface area contributed by atoms with Gasteiger partial charge in [-0.25, -0.2) is 4.98 Å². The van der Waals surface area contributed by atoms with Crippen LogP contribution in [0.4, 0.5) is 5.69 Å². The van der Waals surface area contributed by atoms with Crippen LogP contribution in [-0.2, 0) is 11.3 Å². The van der Waals surface area contributed by atoms with Crippen LogP contribution in [0.1, 0.15) is 36.3 Å². The van der Waals surface area contributed by atoms with Gasteiger partial charge in [-0.05, 0) is 50.6 Å². The van der Waals surface area contributed by atoms with E-state index in [2.05, 4.69) is 10.1 Å². The molecule has 0 radical (unpaired) electrons. The number of amides is 1. The van der Waals surface area contributed by atoms with Gasteiger partial charge in [0.15, 0.2) is 0 Å². The van der Waals surface area contributed by atoms with Gasteiger partial charge in [0, 0.05) is 19.2 Å². The summed E-state index contributed by atoms with van der Waals surface area (Å²) in [5, 5.41) is 15.4. The Morgan fingerprint density at radius 2 is 1.85 bits per heavy atom. The maximum Gasteiger partial charge on any atom is 0.312 e. The molecule has 0 fully saturated rings. The highest BCUT2D eigenvalue weighted by Gasteiger charge is 2.23. The molecule has 4 rings (SSSR count). The van der Waals surface area contributed by atoms with Gasteiger partial charge in [-0.1, -0.05) is 24.3 Å². The van der Waals surface area contributed by atoms with Crippen LogP contribution in [0.15, 0.2) is 54.9 Å². The Labute approximate surface area is 191 Å². The first kappa shape index (κ1) is 22.2. The summed E-state index contributed by atoms with van der Waals surface area (Å²) in [5.41, 5.74) is 4.82. The summed E-state index contributed by atoms with van der Waals surface area (Å²) in [7, 11) is 1.77. The second-order valence-electron chi connectivity index (χ2n) is 8.13. The summed E-state index contributed by atoms with van der Waals surface area (Å²) in [5.74, 6) is -0.0533. The molecular weight excluding hydrogens is 420 g/mol. The molecule has 0 saturated heterocycles. The standard InChI is InChI=1S/C24H26N6O3/c1-16-24(30(32)33)18(3)29(26-16)14-13-23(31)27(4)17(2)19-9-11-20(12-10-19)28-15-25-21-7-5-6-8-22(21)28/h5-12,15,17H,13-14H2,1-4H3. The SMILES string of the molecule is Cc1nn(CCC(=O)N(C)C(C)c2ccc(-n3cnc4ccccc43)cc2)c(C)c1[N+](=O)[O-]. The molecule has 0 aliphatic heterocycles. The number of fused-ring (bicyclic) bond motifs is 1. The first-order valence-electron chi connectivity index (χ1n) is 10.7. The fraction of sp³-hybridized carbons (Fsp3) is 0.292. The molecule has 0 bridgehead atoms. The van der Waals surface area contributed by atoms with E-state index in [1.807, 2.05) is 66.3 Å². The van der Waals surface area contributed by atoms with Gasteiger partial charge in [-0.3, -0.25) is 24.2 Å². The second-order valence-corrected chi connectivity index (χ2v) is 8.13. The van der Waals surface area contributed by atoms with Gasteiger partial charge < -0.3 is 4.90 Å². The number of imidazole rings is 1. The van der Waals surface area contributed by atoms with Gasteiger partial charge in [0.2, 0.25) is 5.91 Å². The zero-order valence-corrected chi connectivity index (χ0v) is 19.1. The quantitative estimate of drug-likeness (QED) is 0.310. The summed E-state index contributed by atoms with van der Waals surface area (Å²) >= 11 is 0. The van der Waals surface area contributed by atoms with E-state index in [0.29, 0.717) is 17.9 Å². The van der Waals surface area contributed by atoms with Crippen LogP contribution >= 0.6 is 0 Å². The number of aromatic nitrogens is 4. The molecule has 0 N–H and O–H groups in total. The molecule has 0 spiro atoms. The monoisotopic (exact) mass is 446 g/mol. The normalized spacial score (nSPS) is 12.1. The van der Waals surface area contributed by atoms with Crippen LogP contribution in [0, 0.1) is 24.0 Å². The molecule has 1 unspecified atom stereocenters. The lowest BCUT2D eigenvalue weighted by atomic mass is 10.1. The average molecular weight is 447 g/mol. The molecule has 33 heavy (non-hydrogen) atoms. The first-order chi connectivity index (χ1) is 15.8. The topological polar surface area (TPSA) is 99.1 Å². The molecule has 9 nitrogen and oxygen atoms in total. The van der Waals surface area contributed by atoms with E-state index in [1.165, 1.54) is 4.68 Å². The number of carbonyl (C=O) groups excluding carboxylic acids is 1. The van der Waals surface area contributed by atoms with Crippen LogP contribution < -0.4 is 0 Å².